The minimum atomic E-state index is -0.970. The number of anilines is 1. The van der Waals surface area contributed by atoms with E-state index in [0.717, 1.165) is 55.5 Å². The normalized spacial score (nSPS) is 14.9. The second-order valence-corrected chi connectivity index (χ2v) is 6.17. The minimum Gasteiger partial charge on any atom is -0.497 e. The van der Waals surface area contributed by atoms with E-state index in [1.807, 2.05) is 42.5 Å². The van der Waals surface area contributed by atoms with Crippen molar-refractivity contribution in [3.8, 4) is 17.0 Å². The number of hydrogen-bond donors (Lipinski definition) is 2. The summed E-state index contributed by atoms with van der Waals surface area (Å²) in [6.07, 6.45) is -0.970. The molecule has 0 radical (unpaired) electrons. The Morgan fingerprint density at radius 3 is 2.69 bits per heavy atom. The SMILES string of the molecule is COc1cccc(-c2cccc(N3CCN(CCNC(=O)O)CC3)n2)c1. The van der Waals surface area contributed by atoms with Gasteiger partial charge in [-0.3, -0.25) is 4.90 Å². The lowest BCUT2D eigenvalue weighted by Gasteiger charge is -2.35. The second-order valence-electron chi connectivity index (χ2n) is 6.17. The molecule has 0 bridgehead atoms. The molecule has 0 atom stereocenters. The number of aromatic nitrogens is 1. The Kier molecular flexibility index (Phi) is 5.91. The average molecular weight is 356 g/mol. The zero-order valence-electron chi connectivity index (χ0n) is 14.9. The predicted molar refractivity (Wildman–Crippen MR) is 101 cm³/mol. The number of amides is 1. The molecule has 0 spiro atoms. The third-order valence-corrected chi connectivity index (χ3v) is 4.50. The number of pyridine rings is 1. The molecule has 2 aromatic rings. The van der Waals surface area contributed by atoms with Gasteiger partial charge < -0.3 is 20.1 Å². The molecule has 2 N–H and O–H groups in total. The first-order valence-corrected chi connectivity index (χ1v) is 8.71. The van der Waals surface area contributed by atoms with Gasteiger partial charge in [-0.05, 0) is 24.3 Å². The number of hydrogen-bond acceptors (Lipinski definition) is 5. The van der Waals surface area contributed by atoms with E-state index in [1.165, 1.54) is 0 Å². The summed E-state index contributed by atoms with van der Waals surface area (Å²) in [6, 6.07) is 14.0. The fourth-order valence-corrected chi connectivity index (χ4v) is 3.06. The lowest BCUT2D eigenvalue weighted by atomic mass is 10.1. The van der Waals surface area contributed by atoms with Crippen molar-refractivity contribution in [2.75, 3.05) is 51.3 Å². The summed E-state index contributed by atoms with van der Waals surface area (Å²) in [6.45, 7) is 4.73. The van der Waals surface area contributed by atoms with E-state index in [-0.39, 0.29) is 0 Å². The largest absolute Gasteiger partial charge is 0.497 e. The highest BCUT2D eigenvalue weighted by Crippen LogP contribution is 2.24. The quantitative estimate of drug-likeness (QED) is 0.826. The van der Waals surface area contributed by atoms with Crippen molar-refractivity contribution in [1.82, 2.24) is 15.2 Å². The summed E-state index contributed by atoms with van der Waals surface area (Å²) in [7, 11) is 1.66. The highest BCUT2D eigenvalue weighted by atomic mass is 16.5. The summed E-state index contributed by atoms with van der Waals surface area (Å²) in [5.41, 5.74) is 1.96. The van der Waals surface area contributed by atoms with Crippen molar-refractivity contribution in [2.45, 2.75) is 0 Å². The average Bonchev–Trinajstić information content (AvgIpc) is 2.68. The van der Waals surface area contributed by atoms with Crippen LogP contribution >= 0.6 is 0 Å². The van der Waals surface area contributed by atoms with Crippen molar-refractivity contribution >= 4 is 11.9 Å². The van der Waals surface area contributed by atoms with Gasteiger partial charge in [-0.2, -0.15) is 0 Å². The van der Waals surface area contributed by atoms with Crippen LogP contribution in [0.25, 0.3) is 11.3 Å². The van der Waals surface area contributed by atoms with Gasteiger partial charge >= 0.3 is 6.09 Å². The molecule has 1 amide bonds. The Labute approximate surface area is 153 Å². The molecule has 26 heavy (non-hydrogen) atoms. The molecule has 138 valence electrons. The van der Waals surface area contributed by atoms with Gasteiger partial charge in [0, 0.05) is 44.8 Å². The Morgan fingerprint density at radius 2 is 1.96 bits per heavy atom. The number of benzene rings is 1. The molecule has 1 fully saturated rings. The summed E-state index contributed by atoms with van der Waals surface area (Å²) in [4.78, 5) is 19.9. The summed E-state index contributed by atoms with van der Waals surface area (Å²) in [5.74, 6) is 1.78. The summed E-state index contributed by atoms with van der Waals surface area (Å²) >= 11 is 0. The zero-order chi connectivity index (χ0) is 18.4. The number of rotatable bonds is 6. The van der Waals surface area contributed by atoms with Crippen LogP contribution in [0.1, 0.15) is 0 Å². The maximum atomic E-state index is 10.5. The lowest BCUT2D eigenvalue weighted by Crippen LogP contribution is -2.48. The Morgan fingerprint density at radius 1 is 1.19 bits per heavy atom. The van der Waals surface area contributed by atoms with Gasteiger partial charge in [-0.15, -0.1) is 0 Å². The van der Waals surface area contributed by atoms with Gasteiger partial charge in [0.2, 0.25) is 0 Å². The molecular weight excluding hydrogens is 332 g/mol. The van der Waals surface area contributed by atoms with E-state index in [0.29, 0.717) is 6.54 Å². The molecule has 7 nitrogen and oxygen atoms in total. The Hall–Kier alpha value is -2.80. The van der Waals surface area contributed by atoms with Crippen LogP contribution in [0, 0.1) is 0 Å². The molecule has 0 saturated carbocycles. The van der Waals surface area contributed by atoms with Crippen LogP contribution < -0.4 is 15.0 Å². The monoisotopic (exact) mass is 356 g/mol. The number of methoxy groups -OCH3 is 1. The van der Waals surface area contributed by atoms with Crippen molar-refractivity contribution in [2.24, 2.45) is 0 Å². The molecule has 1 aliphatic rings. The maximum absolute atomic E-state index is 10.5. The molecule has 0 aliphatic carbocycles. The van der Waals surface area contributed by atoms with Gasteiger partial charge in [-0.1, -0.05) is 18.2 Å². The highest BCUT2D eigenvalue weighted by Gasteiger charge is 2.18. The van der Waals surface area contributed by atoms with Crippen LogP contribution in [-0.4, -0.2) is 67.5 Å². The van der Waals surface area contributed by atoms with Crippen LogP contribution in [0.5, 0.6) is 5.75 Å². The van der Waals surface area contributed by atoms with Crippen LogP contribution in [0.2, 0.25) is 0 Å². The first-order valence-electron chi connectivity index (χ1n) is 8.71. The molecule has 1 aliphatic heterocycles. The van der Waals surface area contributed by atoms with E-state index in [9.17, 15) is 4.79 Å². The molecule has 1 saturated heterocycles. The Balaban J connectivity index is 1.61. The number of nitrogens with one attached hydrogen (secondary N) is 1. The van der Waals surface area contributed by atoms with E-state index >= 15 is 0 Å². The molecule has 1 aromatic carbocycles. The smallest absolute Gasteiger partial charge is 0.404 e. The van der Waals surface area contributed by atoms with E-state index in [4.69, 9.17) is 14.8 Å². The highest BCUT2D eigenvalue weighted by molar-refractivity contribution is 5.64. The third-order valence-electron chi connectivity index (χ3n) is 4.50. The Bertz CT molecular complexity index is 745. The van der Waals surface area contributed by atoms with Crippen molar-refractivity contribution in [3.05, 3.63) is 42.5 Å². The van der Waals surface area contributed by atoms with Gasteiger partial charge in [0.15, 0.2) is 0 Å². The molecule has 7 heteroatoms. The second kappa shape index (κ2) is 8.53. The maximum Gasteiger partial charge on any atom is 0.404 e. The topological polar surface area (TPSA) is 77.9 Å². The zero-order valence-corrected chi connectivity index (χ0v) is 14.9. The molecule has 2 heterocycles. The first-order chi connectivity index (χ1) is 12.7. The van der Waals surface area contributed by atoms with Crippen molar-refractivity contribution in [1.29, 1.82) is 0 Å². The van der Waals surface area contributed by atoms with E-state index < -0.39 is 6.09 Å². The number of carbonyl (C=O) groups is 1. The lowest BCUT2D eigenvalue weighted by molar-refractivity contribution is 0.190. The third kappa shape index (κ3) is 4.64. The van der Waals surface area contributed by atoms with Gasteiger partial charge in [0.25, 0.3) is 0 Å². The first kappa shape index (κ1) is 18.0. The fourth-order valence-electron chi connectivity index (χ4n) is 3.06. The minimum absolute atomic E-state index is 0.457. The van der Waals surface area contributed by atoms with Crippen molar-refractivity contribution in [3.63, 3.8) is 0 Å². The number of ether oxygens (including phenoxy) is 1. The van der Waals surface area contributed by atoms with E-state index in [1.54, 1.807) is 7.11 Å². The number of carboxylic acid groups (broad SMARTS) is 1. The fraction of sp³-hybridized carbons (Fsp3) is 0.368. The van der Waals surface area contributed by atoms with Crippen LogP contribution in [0.4, 0.5) is 10.6 Å². The van der Waals surface area contributed by atoms with Crippen molar-refractivity contribution < 1.29 is 14.6 Å². The van der Waals surface area contributed by atoms with Gasteiger partial charge in [0.1, 0.15) is 11.6 Å². The van der Waals surface area contributed by atoms with Gasteiger partial charge in [-0.25, -0.2) is 9.78 Å². The molecule has 3 rings (SSSR count). The number of nitrogens with zero attached hydrogens (tertiary/aromatic N) is 3. The molecule has 0 unspecified atom stereocenters. The van der Waals surface area contributed by atoms with Crippen LogP contribution in [0.3, 0.4) is 0 Å². The standard InChI is InChI=1S/C19H24N4O3/c1-26-16-5-2-4-15(14-16)17-6-3-7-18(21-17)23-12-10-22(11-13-23)9-8-20-19(24)25/h2-7,14,20H,8-13H2,1H3,(H,24,25). The van der Waals surface area contributed by atoms with Crippen LogP contribution in [0.15, 0.2) is 42.5 Å². The molecular formula is C19H24N4O3. The van der Waals surface area contributed by atoms with E-state index in [2.05, 4.69) is 15.1 Å². The van der Waals surface area contributed by atoms with Crippen LogP contribution in [-0.2, 0) is 0 Å². The summed E-state index contributed by atoms with van der Waals surface area (Å²) < 4.78 is 5.30. The summed E-state index contributed by atoms with van der Waals surface area (Å²) in [5, 5.41) is 11.0. The van der Waals surface area contributed by atoms with Gasteiger partial charge in [0.05, 0.1) is 12.8 Å². The number of piperazine rings is 1. The molecule has 1 aromatic heterocycles. The predicted octanol–water partition coefficient (Wildman–Crippen LogP) is 2.15.